The van der Waals surface area contributed by atoms with Crippen molar-refractivity contribution in [3.63, 3.8) is 0 Å². The molecule has 2 N–H and O–H groups in total. The van der Waals surface area contributed by atoms with E-state index in [1.165, 1.54) is 11.8 Å². The summed E-state index contributed by atoms with van der Waals surface area (Å²) in [6.07, 6.45) is 0.316. The highest BCUT2D eigenvalue weighted by atomic mass is 32.2. The van der Waals surface area contributed by atoms with Gasteiger partial charge in [-0.3, -0.25) is 4.79 Å². The van der Waals surface area contributed by atoms with Gasteiger partial charge in [0, 0.05) is 10.9 Å². The van der Waals surface area contributed by atoms with Crippen LogP contribution < -0.4 is 5.32 Å². The van der Waals surface area contributed by atoms with Crippen molar-refractivity contribution in [3.8, 4) is 0 Å². The lowest BCUT2D eigenvalue weighted by Gasteiger charge is -2.10. The Labute approximate surface area is 113 Å². The van der Waals surface area contributed by atoms with Crippen LogP contribution in [0.25, 0.3) is 0 Å². The maximum absolute atomic E-state index is 11.5. The second-order valence-corrected chi connectivity index (χ2v) is 5.55. The molecule has 0 heterocycles. The lowest BCUT2D eigenvalue weighted by Crippen LogP contribution is -2.31. The molecule has 4 heteroatoms. The average molecular weight is 267 g/mol. The smallest absolute Gasteiger partial charge is 0.230 e. The van der Waals surface area contributed by atoms with Gasteiger partial charge >= 0.3 is 0 Å². The van der Waals surface area contributed by atoms with E-state index in [0.29, 0.717) is 12.2 Å². The Morgan fingerprint density at radius 1 is 1.33 bits per heavy atom. The van der Waals surface area contributed by atoms with Gasteiger partial charge in [0.25, 0.3) is 0 Å². The lowest BCUT2D eigenvalue weighted by atomic mass is 10.1. The van der Waals surface area contributed by atoms with Gasteiger partial charge in [-0.1, -0.05) is 19.1 Å². The zero-order valence-electron chi connectivity index (χ0n) is 11.1. The number of amides is 1. The minimum atomic E-state index is -0.395. The second-order valence-electron chi connectivity index (χ2n) is 4.50. The van der Waals surface area contributed by atoms with Crippen LogP contribution in [-0.2, 0) is 4.79 Å². The van der Waals surface area contributed by atoms with E-state index in [0.717, 1.165) is 10.5 Å². The molecule has 1 aromatic carbocycles. The minimum absolute atomic E-state index is 0.0488. The number of aliphatic hydroxyl groups is 1. The van der Waals surface area contributed by atoms with E-state index in [1.807, 2.05) is 45.0 Å². The van der Waals surface area contributed by atoms with Gasteiger partial charge in [0.2, 0.25) is 5.91 Å². The van der Waals surface area contributed by atoms with Gasteiger partial charge in [-0.2, -0.15) is 0 Å². The highest BCUT2D eigenvalue weighted by molar-refractivity contribution is 8.00. The number of aliphatic hydroxyl groups excluding tert-OH is 1. The van der Waals surface area contributed by atoms with Crippen LogP contribution in [0.1, 0.15) is 38.9 Å². The van der Waals surface area contributed by atoms with Crippen molar-refractivity contribution in [2.24, 2.45) is 0 Å². The first-order chi connectivity index (χ1) is 8.52. The van der Waals surface area contributed by atoms with Crippen LogP contribution in [0.2, 0.25) is 0 Å². The lowest BCUT2D eigenvalue weighted by molar-refractivity contribution is -0.119. The third-order valence-electron chi connectivity index (χ3n) is 2.47. The Kier molecular flexibility index (Phi) is 6.22. The summed E-state index contributed by atoms with van der Waals surface area (Å²) in [5.41, 5.74) is 0.925. The SMILES string of the molecule is CCC(O)c1ccc(SCC(=O)NC(C)C)cc1. The monoisotopic (exact) mass is 267 g/mol. The number of nitrogens with one attached hydrogen (secondary N) is 1. The average Bonchev–Trinajstić information content (AvgIpc) is 2.35. The van der Waals surface area contributed by atoms with Crippen molar-refractivity contribution in [1.29, 1.82) is 0 Å². The molecule has 0 saturated carbocycles. The molecule has 1 atom stereocenters. The Balaban J connectivity index is 2.46. The normalized spacial score (nSPS) is 12.5. The Hall–Kier alpha value is -1.00. The number of hydrogen-bond donors (Lipinski definition) is 2. The molecule has 0 aromatic heterocycles. The number of hydrogen-bond acceptors (Lipinski definition) is 3. The third kappa shape index (κ3) is 5.10. The first-order valence-electron chi connectivity index (χ1n) is 6.23. The first kappa shape index (κ1) is 15.1. The molecule has 18 heavy (non-hydrogen) atoms. The second kappa shape index (κ2) is 7.44. The molecule has 0 bridgehead atoms. The zero-order valence-corrected chi connectivity index (χ0v) is 12.0. The van der Waals surface area contributed by atoms with E-state index in [9.17, 15) is 9.90 Å². The van der Waals surface area contributed by atoms with Crippen molar-refractivity contribution >= 4 is 17.7 Å². The zero-order chi connectivity index (χ0) is 13.5. The third-order valence-corrected chi connectivity index (χ3v) is 3.48. The molecule has 0 saturated heterocycles. The molecule has 100 valence electrons. The maximum Gasteiger partial charge on any atom is 0.230 e. The van der Waals surface area contributed by atoms with Gasteiger partial charge in [-0.05, 0) is 38.0 Å². The molecular weight excluding hydrogens is 246 g/mol. The van der Waals surface area contributed by atoms with E-state index in [1.54, 1.807) is 0 Å². The highest BCUT2D eigenvalue weighted by Gasteiger charge is 2.06. The fourth-order valence-electron chi connectivity index (χ4n) is 1.53. The number of rotatable bonds is 6. The summed E-state index contributed by atoms with van der Waals surface area (Å²) >= 11 is 1.50. The molecule has 0 aliphatic rings. The highest BCUT2D eigenvalue weighted by Crippen LogP contribution is 2.22. The number of carbonyl (C=O) groups excluding carboxylic acids is 1. The Bertz CT molecular complexity index is 376. The van der Waals surface area contributed by atoms with Crippen molar-refractivity contribution in [2.45, 2.75) is 44.2 Å². The molecule has 1 rings (SSSR count). The van der Waals surface area contributed by atoms with Gasteiger partial charge in [-0.15, -0.1) is 11.8 Å². The van der Waals surface area contributed by atoms with E-state index in [4.69, 9.17) is 0 Å². The Morgan fingerprint density at radius 2 is 1.94 bits per heavy atom. The van der Waals surface area contributed by atoms with Crippen LogP contribution in [0.4, 0.5) is 0 Å². The summed E-state index contributed by atoms with van der Waals surface area (Å²) in [6, 6.07) is 7.90. The molecular formula is C14H21NO2S. The van der Waals surface area contributed by atoms with Crippen LogP contribution in [0.3, 0.4) is 0 Å². The van der Waals surface area contributed by atoms with Gasteiger partial charge in [0.15, 0.2) is 0 Å². The van der Waals surface area contributed by atoms with Crippen molar-refractivity contribution in [3.05, 3.63) is 29.8 Å². The van der Waals surface area contributed by atoms with E-state index >= 15 is 0 Å². The number of carbonyl (C=O) groups is 1. The summed E-state index contributed by atoms with van der Waals surface area (Å²) in [7, 11) is 0. The van der Waals surface area contributed by atoms with Crippen LogP contribution >= 0.6 is 11.8 Å². The fraction of sp³-hybridized carbons (Fsp3) is 0.500. The number of thioether (sulfide) groups is 1. The summed E-state index contributed by atoms with van der Waals surface area (Å²) < 4.78 is 0. The van der Waals surface area contributed by atoms with Crippen molar-refractivity contribution in [2.75, 3.05) is 5.75 Å². The summed E-state index contributed by atoms with van der Waals surface area (Å²) in [6.45, 7) is 5.84. The Morgan fingerprint density at radius 3 is 2.44 bits per heavy atom. The predicted molar refractivity (Wildman–Crippen MR) is 75.7 cm³/mol. The van der Waals surface area contributed by atoms with Gasteiger partial charge in [-0.25, -0.2) is 0 Å². The van der Waals surface area contributed by atoms with Crippen LogP contribution in [0, 0.1) is 0 Å². The molecule has 3 nitrogen and oxygen atoms in total. The maximum atomic E-state index is 11.5. The fourth-order valence-corrected chi connectivity index (χ4v) is 2.24. The molecule has 0 radical (unpaired) electrons. The first-order valence-corrected chi connectivity index (χ1v) is 7.21. The minimum Gasteiger partial charge on any atom is -0.388 e. The van der Waals surface area contributed by atoms with Gasteiger partial charge in [0.1, 0.15) is 0 Å². The van der Waals surface area contributed by atoms with Crippen molar-refractivity contribution < 1.29 is 9.90 Å². The van der Waals surface area contributed by atoms with E-state index in [-0.39, 0.29) is 11.9 Å². The molecule has 1 aromatic rings. The van der Waals surface area contributed by atoms with E-state index in [2.05, 4.69) is 5.32 Å². The summed E-state index contributed by atoms with van der Waals surface area (Å²) in [5.74, 6) is 0.473. The topological polar surface area (TPSA) is 49.3 Å². The quantitative estimate of drug-likeness (QED) is 0.779. The predicted octanol–water partition coefficient (Wildman–Crippen LogP) is 2.75. The molecule has 1 amide bonds. The van der Waals surface area contributed by atoms with E-state index < -0.39 is 6.10 Å². The van der Waals surface area contributed by atoms with Crippen LogP contribution in [0.5, 0.6) is 0 Å². The number of benzene rings is 1. The van der Waals surface area contributed by atoms with Crippen LogP contribution in [-0.4, -0.2) is 22.8 Å². The standard InChI is InChI=1S/C14H21NO2S/c1-4-13(16)11-5-7-12(8-6-11)18-9-14(17)15-10(2)3/h5-8,10,13,16H,4,9H2,1-3H3,(H,15,17). The van der Waals surface area contributed by atoms with Gasteiger partial charge in [0.05, 0.1) is 11.9 Å². The molecule has 1 unspecified atom stereocenters. The molecule has 0 aliphatic carbocycles. The summed E-state index contributed by atoms with van der Waals surface area (Å²) in [5, 5.41) is 12.5. The van der Waals surface area contributed by atoms with Crippen LogP contribution in [0.15, 0.2) is 29.2 Å². The largest absolute Gasteiger partial charge is 0.388 e. The molecule has 0 aliphatic heterocycles. The van der Waals surface area contributed by atoms with Gasteiger partial charge < -0.3 is 10.4 Å². The molecule has 0 fully saturated rings. The molecule has 0 spiro atoms. The van der Waals surface area contributed by atoms with Crippen molar-refractivity contribution in [1.82, 2.24) is 5.32 Å². The summed E-state index contributed by atoms with van der Waals surface area (Å²) in [4.78, 5) is 12.5.